The van der Waals surface area contributed by atoms with Crippen molar-refractivity contribution in [1.29, 1.82) is 0 Å². The highest BCUT2D eigenvalue weighted by Gasteiger charge is 2.36. The lowest BCUT2D eigenvalue weighted by Crippen LogP contribution is -2.56. The molecule has 1 saturated carbocycles. The lowest BCUT2D eigenvalue weighted by Gasteiger charge is -2.39. The van der Waals surface area contributed by atoms with Gasteiger partial charge >= 0.3 is 6.09 Å². The number of nitrogens with zero attached hydrogens (tertiary/aromatic N) is 1. The average Bonchev–Trinajstić information content (AvgIpc) is 2.65. The van der Waals surface area contributed by atoms with Crippen LogP contribution >= 0.6 is 0 Å². The van der Waals surface area contributed by atoms with Crippen molar-refractivity contribution >= 4 is 6.09 Å². The van der Waals surface area contributed by atoms with Gasteiger partial charge in [-0.25, -0.2) is 4.79 Å². The minimum atomic E-state index is -0.336. The SMILES string of the molecule is C=CCOC(=O)N1CC(O[C@@H]2CCC[C@H]2O)C1. The fraction of sp³-hybridized carbons (Fsp3) is 0.750. The third-order valence-corrected chi connectivity index (χ3v) is 3.22. The first-order valence-electron chi connectivity index (χ1n) is 6.07. The molecule has 5 nitrogen and oxygen atoms in total. The largest absolute Gasteiger partial charge is 0.445 e. The van der Waals surface area contributed by atoms with Crippen molar-refractivity contribution in [1.82, 2.24) is 4.90 Å². The zero-order valence-corrected chi connectivity index (χ0v) is 9.88. The maximum absolute atomic E-state index is 11.4. The summed E-state index contributed by atoms with van der Waals surface area (Å²) < 4.78 is 10.6. The van der Waals surface area contributed by atoms with Crippen molar-refractivity contribution in [3.05, 3.63) is 12.7 Å². The Labute approximate surface area is 101 Å². The van der Waals surface area contributed by atoms with E-state index in [1.807, 2.05) is 0 Å². The van der Waals surface area contributed by atoms with Crippen molar-refractivity contribution < 1.29 is 19.4 Å². The summed E-state index contributed by atoms with van der Waals surface area (Å²) in [7, 11) is 0. The smallest absolute Gasteiger partial charge is 0.410 e. The molecule has 1 saturated heterocycles. The summed E-state index contributed by atoms with van der Waals surface area (Å²) in [5.74, 6) is 0. The molecule has 1 heterocycles. The van der Waals surface area contributed by atoms with Gasteiger partial charge in [-0.05, 0) is 19.3 Å². The van der Waals surface area contributed by atoms with E-state index >= 15 is 0 Å². The molecule has 0 spiro atoms. The fourth-order valence-electron chi connectivity index (χ4n) is 2.21. The summed E-state index contributed by atoms with van der Waals surface area (Å²) in [5.41, 5.74) is 0. The second-order valence-corrected chi connectivity index (χ2v) is 4.57. The van der Waals surface area contributed by atoms with E-state index in [1.165, 1.54) is 0 Å². The molecule has 2 aliphatic rings. The number of hydrogen-bond acceptors (Lipinski definition) is 4. The summed E-state index contributed by atoms with van der Waals surface area (Å²) in [6, 6.07) is 0. The van der Waals surface area contributed by atoms with Gasteiger partial charge in [-0.3, -0.25) is 0 Å². The van der Waals surface area contributed by atoms with E-state index in [4.69, 9.17) is 9.47 Å². The molecule has 2 fully saturated rings. The van der Waals surface area contributed by atoms with Gasteiger partial charge in [-0.1, -0.05) is 12.7 Å². The Morgan fingerprint density at radius 1 is 1.47 bits per heavy atom. The lowest BCUT2D eigenvalue weighted by molar-refractivity contribution is -0.111. The Bertz CT molecular complexity index is 288. The van der Waals surface area contributed by atoms with Crippen molar-refractivity contribution in [2.75, 3.05) is 19.7 Å². The van der Waals surface area contributed by atoms with Crippen LogP contribution in [-0.2, 0) is 9.47 Å². The van der Waals surface area contributed by atoms with Crippen LogP contribution in [0.3, 0.4) is 0 Å². The highest BCUT2D eigenvalue weighted by molar-refractivity contribution is 5.68. The van der Waals surface area contributed by atoms with Gasteiger partial charge in [-0.15, -0.1) is 0 Å². The van der Waals surface area contributed by atoms with Crippen molar-refractivity contribution in [3.63, 3.8) is 0 Å². The van der Waals surface area contributed by atoms with Crippen LogP contribution in [0.15, 0.2) is 12.7 Å². The molecule has 17 heavy (non-hydrogen) atoms. The lowest BCUT2D eigenvalue weighted by atomic mass is 10.1. The van der Waals surface area contributed by atoms with Gasteiger partial charge in [0.15, 0.2) is 0 Å². The molecule has 1 aliphatic carbocycles. The number of carbonyl (C=O) groups excluding carboxylic acids is 1. The third kappa shape index (κ3) is 2.98. The van der Waals surface area contributed by atoms with E-state index in [2.05, 4.69) is 6.58 Å². The molecule has 0 aromatic rings. The monoisotopic (exact) mass is 241 g/mol. The molecule has 1 N–H and O–H groups in total. The first kappa shape index (κ1) is 12.4. The van der Waals surface area contributed by atoms with Crippen LogP contribution < -0.4 is 0 Å². The van der Waals surface area contributed by atoms with Gasteiger partial charge in [0.05, 0.1) is 31.4 Å². The van der Waals surface area contributed by atoms with Gasteiger partial charge in [0.2, 0.25) is 0 Å². The topological polar surface area (TPSA) is 59.0 Å². The standard InChI is InChI=1S/C12H19NO4/c1-2-6-16-12(15)13-7-9(8-13)17-11-5-3-4-10(11)14/h2,9-11,14H,1,3-8H2/t10-,11-/m1/s1. The molecule has 2 atom stereocenters. The number of aliphatic hydroxyl groups excluding tert-OH is 1. The van der Waals surface area contributed by atoms with E-state index in [0.29, 0.717) is 13.1 Å². The summed E-state index contributed by atoms with van der Waals surface area (Å²) in [6.07, 6.45) is 3.63. The van der Waals surface area contributed by atoms with Gasteiger partial charge in [-0.2, -0.15) is 0 Å². The maximum atomic E-state index is 11.4. The summed E-state index contributed by atoms with van der Waals surface area (Å²) in [4.78, 5) is 13.0. The van der Waals surface area contributed by atoms with E-state index in [9.17, 15) is 9.90 Å². The van der Waals surface area contributed by atoms with Crippen molar-refractivity contribution in [2.24, 2.45) is 0 Å². The molecule has 96 valence electrons. The highest BCUT2D eigenvalue weighted by atomic mass is 16.6. The Hall–Kier alpha value is -1.07. The molecule has 2 rings (SSSR count). The number of aliphatic hydroxyl groups is 1. The molecular formula is C12H19NO4. The maximum Gasteiger partial charge on any atom is 0.410 e. The predicted octanol–water partition coefficient (Wildman–Crippen LogP) is 0.923. The second-order valence-electron chi connectivity index (χ2n) is 4.57. The van der Waals surface area contributed by atoms with E-state index in [1.54, 1.807) is 11.0 Å². The first-order valence-corrected chi connectivity index (χ1v) is 6.07. The first-order chi connectivity index (χ1) is 8.20. The number of ether oxygens (including phenoxy) is 2. The zero-order chi connectivity index (χ0) is 12.3. The molecule has 0 bridgehead atoms. The van der Waals surface area contributed by atoms with Crippen LogP contribution in [0.5, 0.6) is 0 Å². The summed E-state index contributed by atoms with van der Waals surface area (Å²) in [5, 5.41) is 9.61. The van der Waals surface area contributed by atoms with Crippen molar-refractivity contribution in [3.8, 4) is 0 Å². The van der Waals surface area contributed by atoms with Gasteiger partial charge < -0.3 is 19.5 Å². The minimum absolute atomic E-state index is 0.0454. The number of rotatable bonds is 4. The summed E-state index contributed by atoms with van der Waals surface area (Å²) >= 11 is 0. The number of carbonyl (C=O) groups is 1. The Kier molecular flexibility index (Phi) is 4.02. The van der Waals surface area contributed by atoms with Gasteiger partial charge in [0, 0.05) is 0 Å². The molecule has 5 heteroatoms. The molecule has 1 amide bonds. The highest BCUT2D eigenvalue weighted by Crippen LogP contribution is 2.25. The van der Waals surface area contributed by atoms with Crippen molar-refractivity contribution in [2.45, 2.75) is 37.6 Å². The van der Waals surface area contributed by atoms with Crippen LogP contribution in [0.2, 0.25) is 0 Å². The molecule has 0 radical (unpaired) electrons. The van der Waals surface area contributed by atoms with Crippen LogP contribution in [0.25, 0.3) is 0 Å². The molecule has 0 aromatic heterocycles. The number of hydrogen-bond donors (Lipinski definition) is 1. The second kappa shape index (κ2) is 5.51. The van der Waals surface area contributed by atoms with Crippen LogP contribution in [-0.4, -0.2) is 54.1 Å². The Balaban J connectivity index is 1.65. The van der Waals surface area contributed by atoms with Crippen LogP contribution in [0.4, 0.5) is 4.79 Å². The molecular weight excluding hydrogens is 222 g/mol. The number of amides is 1. The van der Waals surface area contributed by atoms with Gasteiger partial charge in [0.25, 0.3) is 0 Å². The van der Waals surface area contributed by atoms with E-state index in [-0.39, 0.29) is 31.0 Å². The molecule has 0 unspecified atom stereocenters. The van der Waals surface area contributed by atoms with E-state index < -0.39 is 0 Å². The minimum Gasteiger partial charge on any atom is -0.445 e. The Morgan fingerprint density at radius 2 is 2.24 bits per heavy atom. The number of likely N-dealkylation sites (tertiary alicyclic amines) is 1. The normalized spacial score (nSPS) is 28.9. The zero-order valence-electron chi connectivity index (χ0n) is 9.88. The quantitative estimate of drug-likeness (QED) is 0.744. The van der Waals surface area contributed by atoms with Crippen LogP contribution in [0.1, 0.15) is 19.3 Å². The fourth-order valence-corrected chi connectivity index (χ4v) is 2.21. The Morgan fingerprint density at radius 3 is 2.82 bits per heavy atom. The summed E-state index contributed by atoms with van der Waals surface area (Å²) in [6.45, 7) is 4.83. The molecule has 0 aromatic carbocycles. The average molecular weight is 241 g/mol. The van der Waals surface area contributed by atoms with Crippen LogP contribution in [0, 0.1) is 0 Å². The predicted molar refractivity (Wildman–Crippen MR) is 61.6 cm³/mol. The molecule has 1 aliphatic heterocycles. The van der Waals surface area contributed by atoms with Gasteiger partial charge in [0.1, 0.15) is 6.61 Å². The third-order valence-electron chi connectivity index (χ3n) is 3.22. The van der Waals surface area contributed by atoms with E-state index in [0.717, 1.165) is 19.3 Å².